The van der Waals surface area contributed by atoms with Crippen molar-refractivity contribution in [1.29, 1.82) is 0 Å². The first-order valence-corrected chi connectivity index (χ1v) is 13.8. The highest BCUT2D eigenvalue weighted by Gasteiger charge is 2.31. The van der Waals surface area contributed by atoms with E-state index in [1.165, 1.54) is 38.1 Å². The quantitative estimate of drug-likeness (QED) is 0.686. The normalized spacial score (nSPS) is 22.3. The second kappa shape index (κ2) is 9.43. The predicted octanol–water partition coefficient (Wildman–Crippen LogP) is 3.40. The van der Waals surface area contributed by atoms with Crippen LogP contribution in [0.2, 0.25) is 0 Å². The molecule has 0 spiro atoms. The van der Waals surface area contributed by atoms with Gasteiger partial charge in [-0.2, -0.15) is 0 Å². The van der Waals surface area contributed by atoms with E-state index in [1.807, 2.05) is 4.90 Å². The molecular weight excluding hydrogens is 412 g/mol. The average molecular weight is 449 g/mol. The summed E-state index contributed by atoms with van der Waals surface area (Å²) >= 11 is 0. The van der Waals surface area contributed by atoms with Crippen molar-refractivity contribution in [1.82, 2.24) is 14.9 Å². The molecule has 172 valence electrons. The fourth-order valence-corrected chi connectivity index (χ4v) is 6.14. The van der Waals surface area contributed by atoms with Gasteiger partial charge in [0, 0.05) is 44.8 Å². The van der Waals surface area contributed by atoms with Gasteiger partial charge in [0.05, 0.1) is 11.9 Å². The molecule has 0 atom stereocenters. The molecule has 2 aliphatic heterocycles. The third-order valence-corrected chi connectivity index (χ3v) is 8.52. The van der Waals surface area contributed by atoms with Gasteiger partial charge in [-0.3, -0.25) is 4.79 Å². The largest absolute Gasteiger partial charge is 0.343 e. The third kappa shape index (κ3) is 5.38. The Morgan fingerprint density at radius 1 is 1.03 bits per heavy atom. The van der Waals surface area contributed by atoms with Gasteiger partial charge in [0.25, 0.3) is 0 Å². The molecular formula is C23H36N4O3S. The molecule has 1 saturated carbocycles. The number of nitrogens with zero attached hydrogens (tertiary/aromatic N) is 4. The van der Waals surface area contributed by atoms with Crippen LogP contribution in [-0.2, 0) is 14.6 Å². The molecule has 1 aromatic heterocycles. The third-order valence-electron chi connectivity index (χ3n) is 7.41. The minimum absolute atomic E-state index is 0.0470. The first-order chi connectivity index (χ1) is 14.8. The Balaban J connectivity index is 1.47. The summed E-state index contributed by atoms with van der Waals surface area (Å²) in [5, 5.41) is 0. The summed E-state index contributed by atoms with van der Waals surface area (Å²) in [6, 6.07) is 0. The second-order valence-corrected chi connectivity index (χ2v) is 11.9. The minimum atomic E-state index is -3.41. The van der Waals surface area contributed by atoms with Crippen molar-refractivity contribution in [3.8, 4) is 0 Å². The molecule has 0 unspecified atom stereocenters. The number of anilines is 1. The van der Waals surface area contributed by atoms with Gasteiger partial charge in [-0.25, -0.2) is 18.4 Å². The van der Waals surface area contributed by atoms with Crippen LogP contribution in [0.1, 0.15) is 76.3 Å². The van der Waals surface area contributed by atoms with E-state index in [1.54, 1.807) is 0 Å². The Morgan fingerprint density at radius 2 is 1.68 bits per heavy atom. The Hall–Kier alpha value is -1.70. The van der Waals surface area contributed by atoms with Gasteiger partial charge >= 0.3 is 0 Å². The fraction of sp³-hybridized carbons (Fsp3) is 0.783. The number of sulfone groups is 1. The zero-order chi connectivity index (χ0) is 22.0. The molecule has 3 aliphatic rings. The van der Waals surface area contributed by atoms with Crippen molar-refractivity contribution in [2.45, 2.75) is 75.5 Å². The van der Waals surface area contributed by atoms with Crippen LogP contribution >= 0.6 is 0 Å². The number of carbonyl (C=O) groups excluding carboxylic acids is 1. The summed E-state index contributed by atoms with van der Waals surface area (Å²) in [6.45, 7) is 5.44. The molecule has 1 amide bonds. The Bertz CT molecular complexity index is 882. The highest BCUT2D eigenvalue weighted by Crippen LogP contribution is 2.34. The predicted molar refractivity (Wildman–Crippen MR) is 121 cm³/mol. The first-order valence-electron chi connectivity index (χ1n) is 11.9. The van der Waals surface area contributed by atoms with E-state index in [-0.39, 0.29) is 16.7 Å². The van der Waals surface area contributed by atoms with E-state index in [0.29, 0.717) is 43.0 Å². The second-order valence-electron chi connectivity index (χ2n) is 9.87. The van der Waals surface area contributed by atoms with Crippen LogP contribution in [0.15, 0.2) is 11.1 Å². The average Bonchev–Trinajstić information content (AvgIpc) is 3.26. The van der Waals surface area contributed by atoms with E-state index in [2.05, 4.69) is 16.8 Å². The van der Waals surface area contributed by atoms with Gasteiger partial charge in [-0.05, 0) is 50.4 Å². The van der Waals surface area contributed by atoms with Crippen LogP contribution in [0, 0.1) is 11.8 Å². The molecule has 8 heteroatoms. The topological polar surface area (TPSA) is 83.5 Å². The first kappa shape index (κ1) is 22.5. The van der Waals surface area contributed by atoms with Crippen molar-refractivity contribution in [2.24, 2.45) is 11.8 Å². The van der Waals surface area contributed by atoms with Crippen molar-refractivity contribution >= 4 is 21.7 Å². The molecule has 0 aromatic carbocycles. The monoisotopic (exact) mass is 448 g/mol. The number of likely N-dealkylation sites (tertiary alicyclic amines) is 1. The lowest BCUT2D eigenvalue weighted by Gasteiger charge is -2.34. The van der Waals surface area contributed by atoms with Crippen LogP contribution in [0.4, 0.5) is 5.95 Å². The van der Waals surface area contributed by atoms with Crippen molar-refractivity contribution < 1.29 is 13.2 Å². The van der Waals surface area contributed by atoms with Gasteiger partial charge in [0.15, 0.2) is 9.84 Å². The molecule has 3 fully saturated rings. The number of aromatic nitrogens is 2. The molecule has 0 radical (unpaired) electrons. The summed E-state index contributed by atoms with van der Waals surface area (Å²) in [7, 11) is -3.41. The molecule has 3 heterocycles. The summed E-state index contributed by atoms with van der Waals surface area (Å²) in [6.07, 6.45) is 12.0. The van der Waals surface area contributed by atoms with Crippen LogP contribution in [0.25, 0.3) is 0 Å². The highest BCUT2D eigenvalue weighted by atomic mass is 32.2. The van der Waals surface area contributed by atoms with Crippen molar-refractivity contribution in [3.63, 3.8) is 0 Å². The van der Waals surface area contributed by atoms with E-state index in [0.717, 1.165) is 38.8 Å². The van der Waals surface area contributed by atoms with Crippen LogP contribution < -0.4 is 4.90 Å². The summed E-state index contributed by atoms with van der Waals surface area (Å²) in [4.78, 5) is 26.3. The lowest BCUT2D eigenvalue weighted by atomic mass is 9.92. The van der Waals surface area contributed by atoms with E-state index >= 15 is 0 Å². The maximum Gasteiger partial charge on any atom is 0.225 e. The number of piperidine rings is 2. The SMILES string of the molecule is CC1CCN(c2ncc(S(C)(=O)=O)c(C3CCN(C(=O)CC4CCCC4)CC3)n2)CC1. The number of hydrogen-bond donors (Lipinski definition) is 0. The van der Waals surface area contributed by atoms with Gasteiger partial charge in [0.2, 0.25) is 11.9 Å². The number of carbonyl (C=O) groups is 1. The molecule has 0 N–H and O–H groups in total. The van der Waals surface area contributed by atoms with Crippen LogP contribution in [0.5, 0.6) is 0 Å². The highest BCUT2D eigenvalue weighted by molar-refractivity contribution is 7.90. The Labute approximate surface area is 186 Å². The van der Waals surface area contributed by atoms with Gasteiger partial charge in [-0.15, -0.1) is 0 Å². The lowest BCUT2D eigenvalue weighted by molar-refractivity contribution is -0.133. The van der Waals surface area contributed by atoms with E-state index < -0.39 is 9.84 Å². The standard InChI is InChI=1S/C23H36N4O3S/c1-17-7-11-27(12-8-17)23-24-16-20(31(2,29)30)22(25-23)19-9-13-26(14-10-19)21(28)15-18-5-3-4-6-18/h16-19H,3-15H2,1-2H3. The zero-order valence-electron chi connectivity index (χ0n) is 18.9. The molecule has 1 aromatic rings. The summed E-state index contributed by atoms with van der Waals surface area (Å²) < 4.78 is 24.9. The molecule has 2 saturated heterocycles. The Morgan fingerprint density at radius 3 is 2.29 bits per heavy atom. The molecule has 1 aliphatic carbocycles. The smallest absolute Gasteiger partial charge is 0.225 e. The fourth-order valence-electron chi connectivity index (χ4n) is 5.31. The van der Waals surface area contributed by atoms with Crippen molar-refractivity contribution in [3.05, 3.63) is 11.9 Å². The summed E-state index contributed by atoms with van der Waals surface area (Å²) in [5.74, 6) is 2.22. The molecule has 31 heavy (non-hydrogen) atoms. The Kier molecular flexibility index (Phi) is 6.84. The summed E-state index contributed by atoms with van der Waals surface area (Å²) in [5.41, 5.74) is 0.647. The molecule has 4 rings (SSSR count). The molecule has 0 bridgehead atoms. The minimum Gasteiger partial charge on any atom is -0.343 e. The maximum atomic E-state index is 12.7. The van der Waals surface area contributed by atoms with Gasteiger partial charge in [-0.1, -0.05) is 19.8 Å². The van der Waals surface area contributed by atoms with Crippen molar-refractivity contribution in [2.75, 3.05) is 37.3 Å². The van der Waals surface area contributed by atoms with E-state index in [9.17, 15) is 13.2 Å². The van der Waals surface area contributed by atoms with E-state index in [4.69, 9.17) is 4.98 Å². The zero-order valence-corrected chi connectivity index (χ0v) is 19.7. The van der Waals surface area contributed by atoms with Crippen LogP contribution in [0.3, 0.4) is 0 Å². The number of rotatable bonds is 5. The van der Waals surface area contributed by atoms with Crippen LogP contribution in [-0.4, -0.2) is 61.6 Å². The molecule has 7 nitrogen and oxygen atoms in total. The maximum absolute atomic E-state index is 12.7. The van der Waals surface area contributed by atoms with Gasteiger partial charge < -0.3 is 9.80 Å². The van der Waals surface area contributed by atoms with Gasteiger partial charge in [0.1, 0.15) is 4.90 Å². The number of hydrogen-bond acceptors (Lipinski definition) is 6. The lowest BCUT2D eigenvalue weighted by Crippen LogP contribution is -2.39. The number of amides is 1.